The highest BCUT2D eigenvalue weighted by Gasteiger charge is 2.16. The van der Waals surface area contributed by atoms with Crippen LogP contribution in [0.2, 0.25) is 0 Å². The first-order valence-corrected chi connectivity index (χ1v) is 11.3. The molecule has 0 unspecified atom stereocenters. The largest absolute Gasteiger partial charge is 0.480 e. The van der Waals surface area contributed by atoms with Crippen LogP contribution in [0.1, 0.15) is 52.9 Å². The van der Waals surface area contributed by atoms with Crippen molar-refractivity contribution < 1.29 is 18.7 Å². The van der Waals surface area contributed by atoms with E-state index < -0.39 is 11.7 Å². The quantitative estimate of drug-likeness (QED) is 0.157. The van der Waals surface area contributed by atoms with Gasteiger partial charge in [-0.2, -0.15) is 14.4 Å². The molecule has 0 spiro atoms. The van der Waals surface area contributed by atoms with E-state index in [-0.39, 0.29) is 17.8 Å². The van der Waals surface area contributed by atoms with E-state index in [0.29, 0.717) is 30.0 Å². The standard InChI is InChI=1S/C22H35FN8O3/c1-22(2,3)34-21(32)26-12-10-8-6-7-9-11-25-13-15(17(24)33-5)28-18-16-19(30-20(23)29-18)31(4)14-27-16/h13-14,24-25H,6-12H2,1-5H3,(H,26,32)(H,28,29,30)/b15-13+,24-17?. The molecule has 34 heavy (non-hydrogen) atoms. The van der Waals surface area contributed by atoms with Crippen molar-refractivity contribution >= 4 is 29.0 Å². The number of amides is 1. The lowest BCUT2D eigenvalue weighted by molar-refractivity contribution is 0.0527. The number of aryl methyl sites for hydroxylation is 1. The molecular weight excluding hydrogens is 443 g/mol. The van der Waals surface area contributed by atoms with E-state index in [9.17, 15) is 9.18 Å². The van der Waals surface area contributed by atoms with Gasteiger partial charge in [0.2, 0.25) is 5.90 Å². The van der Waals surface area contributed by atoms with Crippen molar-refractivity contribution in [3.8, 4) is 0 Å². The summed E-state index contributed by atoms with van der Waals surface area (Å²) in [6.45, 7) is 6.79. The fourth-order valence-electron chi connectivity index (χ4n) is 3.02. The minimum absolute atomic E-state index is 0.131. The molecule has 0 atom stereocenters. The number of hydrogen-bond acceptors (Lipinski definition) is 9. The number of rotatable bonds is 12. The summed E-state index contributed by atoms with van der Waals surface area (Å²) < 4.78 is 25.6. The number of methoxy groups -OCH3 is 1. The number of imidazole rings is 1. The molecule has 0 fully saturated rings. The number of carbonyl (C=O) groups is 1. The fraction of sp³-hybridized carbons (Fsp3) is 0.591. The van der Waals surface area contributed by atoms with Crippen LogP contribution in [0, 0.1) is 11.5 Å². The lowest BCUT2D eigenvalue weighted by Gasteiger charge is -2.19. The number of ether oxygens (including phenoxy) is 2. The topological polar surface area (TPSA) is 139 Å². The van der Waals surface area contributed by atoms with Crippen molar-refractivity contribution in [3.05, 3.63) is 24.3 Å². The minimum Gasteiger partial charge on any atom is -0.480 e. The highest BCUT2D eigenvalue weighted by Crippen LogP contribution is 2.19. The summed E-state index contributed by atoms with van der Waals surface area (Å²) in [5.74, 6) is 0.0195. The molecule has 0 aromatic carbocycles. The number of anilines is 1. The van der Waals surface area contributed by atoms with Crippen molar-refractivity contribution in [1.29, 1.82) is 5.41 Å². The molecule has 2 aromatic heterocycles. The number of alkyl carbamates (subject to hydrolysis) is 1. The van der Waals surface area contributed by atoms with Crippen LogP contribution in [0.25, 0.3) is 11.2 Å². The Morgan fingerprint density at radius 2 is 1.85 bits per heavy atom. The zero-order chi connectivity index (χ0) is 25.1. The lowest BCUT2D eigenvalue weighted by atomic mass is 10.1. The first-order valence-electron chi connectivity index (χ1n) is 11.3. The molecule has 0 aliphatic carbocycles. The molecule has 2 rings (SSSR count). The maximum Gasteiger partial charge on any atom is 0.407 e. The first-order chi connectivity index (χ1) is 16.1. The Morgan fingerprint density at radius 1 is 1.18 bits per heavy atom. The fourth-order valence-corrected chi connectivity index (χ4v) is 3.02. The third kappa shape index (κ3) is 8.83. The number of carbonyl (C=O) groups excluding carboxylic acids is 1. The van der Waals surface area contributed by atoms with E-state index in [4.69, 9.17) is 14.9 Å². The number of fused-ring (bicyclic) bond motifs is 1. The summed E-state index contributed by atoms with van der Waals surface area (Å²) in [5.41, 5.74) is 0.534. The molecule has 0 aliphatic heterocycles. The maximum atomic E-state index is 13.8. The molecule has 12 heteroatoms. The molecule has 2 aromatic rings. The zero-order valence-electron chi connectivity index (χ0n) is 20.5. The van der Waals surface area contributed by atoms with Gasteiger partial charge in [0, 0.05) is 26.3 Å². The summed E-state index contributed by atoms with van der Waals surface area (Å²) in [6.07, 6.45) is 6.72. The predicted molar refractivity (Wildman–Crippen MR) is 128 cm³/mol. The van der Waals surface area contributed by atoms with Gasteiger partial charge in [0.25, 0.3) is 0 Å². The van der Waals surface area contributed by atoms with Gasteiger partial charge in [0.15, 0.2) is 17.0 Å². The van der Waals surface area contributed by atoms with Gasteiger partial charge in [-0.05, 0) is 33.6 Å². The Morgan fingerprint density at radius 3 is 2.53 bits per heavy atom. The highest BCUT2D eigenvalue weighted by atomic mass is 19.1. The molecule has 11 nitrogen and oxygen atoms in total. The summed E-state index contributed by atoms with van der Waals surface area (Å²) in [7, 11) is 3.09. The second kappa shape index (κ2) is 12.7. The van der Waals surface area contributed by atoms with Crippen LogP contribution in [-0.4, -0.2) is 57.3 Å². The number of unbranched alkanes of at least 4 members (excludes halogenated alkanes) is 4. The minimum atomic E-state index is -0.892. The van der Waals surface area contributed by atoms with Crippen LogP contribution >= 0.6 is 0 Å². The third-order valence-corrected chi connectivity index (χ3v) is 4.65. The SMILES string of the molecule is COC(=N)/C(=C\NCCCCCCCNC(=O)OC(C)(C)C)Nc1nc(F)nc2c1ncn2C. The van der Waals surface area contributed by atoms with E-state index in [1.807, 2.05) is 20.8 Å². The normalized spacial score (nSPS) is 11.9. The molecule has 188 valence electrons. The molecular formula is C22H35FN8O3. The van der Waals surface area contributed by atoms with E-state index in [1.165, 1.54) is 13.4 Å². The Kier molecular flexibility index (Phi) is 10.0. The van der Waals surface area contributed by atoms with Crippen LogP contribution in [0.5, 0.6) is 0 Å². The summed E-state index contributed by atoms with van der Waals surface area (Å²) >= 11 is 0. The van der Waals surface area contributed by atoms with Crippen molar-refractivity contribution in [2.75, 3.05) is 25.5 Å². The second-order valence-corrected chi connectivity index (χ2v) is 8.74. The van der Waals surface area contributed by atoms with Crippen molar-refractivity contribution in [2.45, 2.75) is 58.5 Å². The van der Waals surface area contributed by atoms with Crippen molar-refractivity contribution in [2.24, 2.45) is 7.05 Å². The predicted octanol–water partition coefficient (Wildman–Crippen LogP) is 3.44. The van der Waals surface area contributed by atoms with Gasteiger partial charge < -0.3 is 30.0 Å². The molecule has 0 saturated heterocycles. The van der Waals surface area contributed by atoms with E-state index in [1.54, 1.807) is 17.8 Å². The van der Waals surface area contributed by atoms with E-state index in [0.717, 1.165) is 32.1 Å². The maximum absolute atomic E-state index is 13.8. The number of nitrogens with zero attached hydrogens (tertiary/aromatic N) is 4. The Labute approximate surface area is 199 Å². The second-order valence-electron chi connectivity index (χ2n) is 8.74. The van der Waals surface area contributed by atoms with Crippen LogP contribution < -0.4 is 16.0 Å². The molecule has 0 bridgehead atoms. The van der Waals surface area contributed by atoms with Crippen molar-refractivity contribution in [3.63, 3.8) is 0 Å². The Bertz CT molecular complexity index is 1000. The number of nitrogens with one attached hydrogen (secondary N) is 4. The number of hydrogen-bond donors (Lipinski definition) is 4. The molecule has 1 amide bonds. The van der Waals surface area contributed by atoms with Crippen LogP contribution in [-0.2, 0) is 16.5 Å². The van der Waals surface area contributed by atoms with Gasteiger partial charge in [0.1, 0.15) is 11.3 Å². The van der Waals surface area contributed by atoms with E-state index in [2.05, 4.69) is 30.9 Å². The Hall–Kier alpha value is -3.44. The summed E-state index contributed by atoms with van der Waals surface area (Å²) in [5, 5.41) is 16.8. The van der Waals surface area contributed by atoms with Gasteiger partial charge in [-0.1, -0.05) is 19.3 Å². The zero-order valence-corrected chi connectivity index (χ0v) is 20.5. The molecule has 2 heterocycles. The van der Waals surface area contributed by atoms with Gasteiger partial charge in [-0.25, -0.2) is 9.78 Å². The van der Waals surface area contributed by atoms with Crippen LogP contribution in [0.3, 0.4) is 0 Å². The summed E-state index contributed by atoms with van der Waals surface area (Å²) in [4.78, 5) is 23.3. The van der Waals surface area contributed by atoms with Gasteiger partial charge >= 0.3 is 12.2 Å². The molecule has 0 aliphatic rings. The average molecular weight is 479 g/mol. The lowest BCUT2D eigenvalue weighted by Crippen LogP contribution is -2.32. The number of aromatic nitrogens is 4. The van der Waals surface area contributed by atoms with Gasteiger partial charge in [-0.15, -0.1) is 0 Å². The molecule has 4 N–H and O–H groups in total. The average Bonchev–Trinajstić information content (AvgIpc) is 3.12. The first kappa shape index (κ1) is 26.8. The number of halogens is 1. The smallest absolute Gasteiger partial charge is 0.407 e. The molecule has 0 radical (unpaired) electrons. The van der Waals surface area contributed by atoms with Gasteiger partial charge in [0.05, 0.1) is 13.4 Å². The summed E-state index contributed by atoms with van der Waals surface area (Å²) in [6, 6.07) is 0. The highest BCUT2D eigenvalue weighted by molar-refractivity contribution is 5.96. The molecule has 0 saturated carbocycles. The third-order valence-electron chi connectivity index (χ3n) is 4.65. The monoisotopic (exact) mass is 478 g/mol. The van der Waals surface area contributed by atoms with Crippen molar-refractivity contribution in [1.82, 2.24) is 30.2 Å². The van der Waals surface area contributed by atoms with E-state index >= 15 is 0 Å². The van der Waals surface area contributed by atoms with Gasteiger partial charge in [-0.3, -0.25) is 5.41 Å². The Balaban J connectivity index is 1.74. The van der Waals surface area contributed by atoms with Crippen LogP contribution in [0.15, 0.2) is 18.2 Å². The van der Waals surface area contributed by atoms with Crippen LogP contribution in [0.4, 0.5) is 15.0 Å².